The molecule has 0 bridgehead atoms. The Morgan fingerprint density at radius 1 is 0.507 bits per heavy atom. The van der Waals surface area contributed by atoms with Gasteiger partial charge in [-0.05, 0) is 83.5 Å². The zero-order valence-electron chi connectivity index (χ0n) is 40.3. The summed E-state index contributed by atoms with van der Waals surface area (Å²) in [5.74, 6) is -0.416. The third-order valence-electron chi connectivity index (χ3n) is 11.1. The summed E-state index contributed by atoms with van der Waals surface area (Å²) in [7, 11) is 0. The smallest absolute Gasteiger partial charge is 0.306 e. The second kappa shape index (κ2) is 39.7. The number of carbonyl (C=O) groups excluding carboxylic acids is 1. The fraction of sp³-hybridized carbons (Fsp3) is 0.679. The molecule has 67 heavy (non-hydrogen) atoms. The van der Waals surface area contributed by atoms with Crippen molar-refractivity contribution in [3.05, 3.63) is 97.2 Å². The van der Waals surface area contributed by atoms with Crippen molar-refractivity contribution in [1.29, 1.82) is 0 Å². The second-order valence-corrected chi connectivity index (χ2v) is 16.9. The van der Waals surface area contributed by atoms with Crippen LogP contribution in [0.4, 0.5) is 0 Å². The highest BCUT2D eigenvalue weighted by Gasteiger charge is 2.47. The Morgan fingerprint density at radius 2 is 0.970 bits per heavy atom. The van der Waals surface area contributed by atoms with E-state index in [-0.39, 0.29) is 19.6 Å². The molecule has 0 radical (unpaired) electrons. The van der Waals surface area contributed by atoms with Gasteiger partial charge < -0.3 is 64.2 Å². The molecule has 0 saturated carbocycles. The van der Waals surface area contributed by atoms with Crippen LogP contribution < -0.4 is 0 Å². The van der Waals surface area contributed by atoms with Gasteiger partial charge in [-0.3, -0.25) is 4.79 Å². The van der Waals surface area contributed by atoms with Gasteiger partial charge in [0.05, 0.1) is 26.4 Å². The van der Waals surface area contributed by atoms with Gasteiger partial charge in [-0.1, -0.05) is 137 Å². The Labute approximate surface area is 401 Å². The lowest BCUT2D eigenvalue weighted by atomic mass is 9.98. The van der Waals surface area contributed by atoms with Crippen molar-refractivity contribution >= 4 is 5.97 Å². The lowest BCUT2D eigenvalue weighted by Crippen LogP contribution is -2.61. The number of rotatable bonds is 37. The number of aliphatic hydroxyl groups is 7. The van der Waals surface area contributed by atoms with Crippen LogP contribution in [-0.2, 0) is 33.2 Å². The van der Waals surface area contributed by atoms with E-state index >= 15 is 0 Å². The van der Waals surface area contributed by atoms with E-state index in [1.54, 1.807) is 0 Å². The predicted molar refractivity (Wildman–Crippen MR) is 261 cm³/mol. The molecular weight excluding hydrogens is 861 g/mol. The van der Waals surface area contributed by atoms with E-state index in [1.165, 1.54) is 0 Å². The van der Waals surface area contributed by atoms with Gasteiger partial charge in [0.1, 0.15) is 54.9 Å². The maximum Gasteiger partial charge on any atom is 0.306 e. The summed E-state index contributed by atoms with van der Waals surface area (Å²) in [5, 5.41) is 72.1. The molecule has 11 atom stereocenters. The average Bonchev–Trinajstić information content (AvgIpc) is 3.32. The first-order valence-corrected chi connectivity index (χ1v) is 24.8. The summed E-state index contributed by atoms with van der Waals surface area (Å²) >= 11 is 0. The van der Waals surface area contributed by atoms with Crippen LogP contribution in [0.5, 0.6) is 0 Å². The highest BCUT2D eigenvalue weighted by Crippen LogP contribution is 2.26. The standard InChI is InChI=1S/C53H86O14/c1-3-5-7-9-11-13-15-17-18-19-20-21-22-23-25-27-29-31-33-35-37-62-39-42(65-45(55)36-34-32-30-28-26-24-16-14-12-10-8-6-4-2)40-63-52-51(61)49(59)47(57)44(67-52)41-64-53-50(60)48(58)46(56)43(38-54)66-53/h5,7-8,10-11,13-14,16-18,20-21,23,25,29,31,42-44,46-54,56-61H,3-4,6,9,12,15,19,22,24,26-28,30,32-41H2,1-2H3/b7-5-,10-8-,13-11-,16-14-,18-17-,21-20-,25-23-,31-29-. The molecule has 2 saturated heterocycles. The molecule has 0 aromatic rings. The highest BCUT2D eigenvalue weighted by atomic mass is 16.7. The van der Waals surface area contributed by atoms with E-state index in [0.29, 0.717) is 13.0 Å². The van der Waals surface area contributed by atoms with Crippen LogP contribution in [0.25, 0.3) is 0 Å². The number of ether oxygens (including phenoxy) is 6. The molecule has 0 aliphatic carbocycles. The normalized spacial score (nSPS) is 26.9. The predicted octanol–water partition coefficient (Wildman–Crippen LogP) is 7.07. The van der Waals surface area contributed by atoms with Gasteiger partial charge in [0.2, 0.25) is 0 Å². The molecule has 2 aliphatic heterocycles. The summed E-state index contributed by atoms with van der Waals surface area (Å²) in [6, 6.07) is 0. The molecule has 0 spiro atoms. The van der Waals surface area contributed by atoms with Gasteiger partial charge in [0.15, 0.2) is 12.6 Å². The van der Waals surface area contributed by atoms with Crippen LogP contribution in [0.15, 0.2) is 97.2 Å². The first-order valence-electron chi connectivity index (χ1n) is 24.8. The molecule has 2 heterocycles. The molecule has 382 valence electrons. The van der Waals surface area contributed by atoms with Crippen LogP contribution in [0.1, 0.15) is 129 Å². The van der Waals surface area contributed by atoms with E-state index in [1.807, 2.05) is 0 Å². The number of carbonyl (C=O) groups is 1. The van der Waals surface area contributed by atoms with Crippen LogP contribution in [-0.4, -0.2) is 142 Å². The molecule has 14 heteroatoms. The van der Waals surface area contributed by atoms with Gasteiger partial charge in [-0.2, -0.15) is 0 Å². The summed E-state index contributed by atoms with van der Waals surface area (Å²) in [4.78, 5) is 13.0. The minimum Gasteiger partial charge on any atom is -0.457 e. The van der Waals surface area contributed by atoms with Crippen molar-refractivity contribution < 1.29 is 69.0 Å². The van der Waals surface area contributed by atoms with E-state index in [0.717, 1.165) is 103 Å². The molecule has 0 amide bonds. The second-order valence-electron chi connectivity index (χ2n) is 16.9. The lowest BCUT2D eigenvalue weighted by molar-refractivity contribution is -0.332. The van der Waals surface area contributed by atoms with Gasteiger partial charge in [-0.15, -0.1) is 0 Å². The SMILES string of the molecule is CC/C=C\C/C=C\C/C=C\C/C=C\C/C=C\C/C=C\CCCOCC(COC1OC(COC2OC(CO)C(O)C(O)C2O)C(O)C(O)C1O)OC(=O)CCCCCCC/C=C\C/C=C\CCC. The van der Waals surface area contributed by atoms with Crippen molar-refractivity contribution in [2.24, 2.45) is 0 Å². The zero-order valence-corrected chi connectivity index (χ0v) is 40.3. The molecule has 7 N–H and O–H groups in total. The highest BCUT2D eigenvalue weighted by molar-refractivity contribution is 5.69. The van der Waals surface area contributed by atoms with Crippen molar-refractivity contribution in [2.45, 2.75) is 197 Å². The molecule has 14 nitrogen and oxygen atoms in total. The summed E-state index contributed by atoms with van der Waals surface area (Å²) in [6.45, 7) is 3.29. The lowest BCUT2D eigenvalue weighted by Gasteiger charge is -2.42. The third kappa shape index (κ3) is 27.6. The quantitative estimate of drug-likeness (QED) is 0.0189. The minimum atomic E-state index is -1.72. The summed E-state index contributed by atoms with van der Waals surface area (Å²) in [6.07, 6.45) is 34.8. The van der Waals surface area contributed by atoms with Gasteiger partial charge in [0.25, 0.3) is 0 Å². The topological polar surface area (TPSA) is 214 Å². The number of hydrogen-bond donors (Lipinski definition) is 7. The molecule has 11 unspecified atom stereocenters. The largest absolute Gasteiger partial charge is 0.457 e. The fourth-order valence-corrected chi connectivity index (χ4v) is 7.04. The third-order valence-corrected chi connectivity index (χ3v) is 11.1. The van der Waals surface area contributed by atoms with Crippen molar-refractivity contribution in [3.63, 3.8) is 0 Å². The van der Waals surface area contributed by atoms with Gasteiger partial charge >= 0.3 is 5.97 Å². The number of allylic oxidation sites excluding steroid dienone is 16. The monoisotopic (exact) mass is 947 g/mol. The van der Waals surface area contributed by atoms with Crippen molar-refractivity contribution in [2.75, 3.05) is 33.0 Å². The zero-order chi connectivity index (χ0) is 48.7. The first kappa shape index (κ1) is 60.0. The van der Waals surface area contributed by atoms with Crippen LogP contribution in [0.2, 0.25) is 0 Å². The molecular formula is C53H86O14. The van der Waals surface area contributed by atoms with Crippen LogP contribution >= 0.6 is 0 Å². The Morgan fingerprint density at radius 3 is 1.52 bits per heavy atom. The molecule has 2 fully saturated rings. The van der Waals surface area contributed by atoms with Crippen LogP contribution in [0.3, 0.4) is 0 Å². The molecule has 0 aromatic heterocycles. The van der Waals surface area contributed by atoms with Gasteiger partial charge in [-0.25, -0.2) is 0 Å². The molecule has 0 aromatic carbocycles. The number of esters is 1. The fourth-order valence-electron chi connectivity index (χ4n) is 7.04. The number of aliphatic hydroxyl groups excluding tert-OH is 7. The van der Waals surface area contributed by atoms with E-state index in [2.05, 4.69) is 111 Å². The number of unbranched alkanes of at least 4 members (excludes halogenated alkanes) is 7. The minimum absolute atomic E-state index is 0.00897. The maximum absolute atomic E-state index is 13.0. The first-order chi connectivity index (χ1) is 32.6. The van der Waals surface area contributed by atoms with E-state index in [9.17, 15) is 40.5 Å². The van der Waals surface area contributed by atoms with Crippen LogP contribution in [0, 0.1) is 0 Å². The molecule has 2 aliphatic rings. The summed E-state index contributed by atoms with van der Waals surface area (Å²) < 4.78 is 34.1. The van der Waals surface area contributed by atoms with E-state index < -0.39 is 86.7 Å². The summed E-state index contributed by atoms with van der Waals surface area (Å²) in [5.41, 5.74) is 0. The Kier molecular flexibility index (Phi) is 35.6. The Bertz CT molecular complexity index is 1470. The molecule has 2 rings (SSSR count). The van der Waals surface area contributed by atoms with Crippen molar-refractivity contribution in [3.8, 4) is 0 Å². The van der Waals surface area contributed by atoms with Crippen molar-refractivity contribution in [1.82, 2.24) is 0 Å². The maximum atomic E-state index is 13.0. The van der Waals surface area contributed by atoms with Gasteiger partial charge in [0, 0.05) is 13.0 Å². The Balaban J connectivity index is 1.82. The van der Waals surface area contributed by atoms with E-state index in [4.69, 9.17) is 28.4 Å². The average molecular weight is 947 g/mol. The Hall–Kier alpha value is -3.09. The number of hydrogen-bond acceptors (Lipinski definition) is 14.